The molecule has 4 heterocycles. The van der Waals surface area contributed by atoms with Crippen LogP contribution in [0.1, 0.15) is 42.0 Å². The number of likely N-dealkylation sites (tertiary alicyclic amines) is 1. The van der Waals surface area contributed by atoms with Crippen LogP contribution >= 0.6 is 11.6 Å². The molecule has 1 amide bonds. The number of piperidine rings is 1. The number of nitrogens with zero attached hydrogens (tertiary/aromatic N) is 4. The van der Waals surface area contributed by atoms with Crippen LogP contribution in [0, 0.1) is 0 Å². The van der Waals surface area contributed by atoms with E-state index in [1.165, 1.54) is 12.0 Å². The highest BCUT2D eigenvalue weighted by atomic mass is 35.5. The number of aryl methyl sites for hydroxylation is 1. The van der Waals surface area contributed by atoms with Crippen LogP contribution in [0.15, 0.2) is 73.2 Å². The Labute approximate surface area is 210 Å². The molecule has 2 aliphatic rings. The van der Waals surface area contributed by atoms with Crippen molar-refractivity contribution in [3.8, 4) is 0 Å². The van der Waals surface area contributed by atoms with Crippen molar-refractivity contribution in [2.24, 2.45) is 7.05 Å². The van der Waals surface area contributed by atoms with Crippen molar-refractivity contribution in [2.75, 3.05) is 18.1 Å². The normalized spacial score (nSPS) is 19.6. The fraction of sp³-hybridized carbons (Fsp3) is 0.241. The minimum absolute atomic E-state index is 0.0192. The Hall–Kier alpha value is -3.41. The summed E-state index contributed by atoms with van der Waals surface area (Å²) < 4.78 is 2.11. The minimum Gasteiger partial charge on any atom is -0.350 e. The molecular weight excluding hydrogens is 456 g/mol. The van der Waals surface area contributed by atoms with Gasteiger partial charge in [-0.1, -0.05) is 48.4 Å². The molecule has 0 saturated carbocycles. The smallest absolute Gasteiger partial charge is 0.260 e. The number of hydrogen-bond donors (Lipinski definition) is 0. The van der Waals surface area contributed by atoms with Gasteiger partial charge in [-0.2, -0.15) is 0 Å². The van der Waals surface area contributed by atoms with E-state index < -0.39 is 0 Å². The van der Waals surface area contributed by atoms with E-state index in [0.717, 1.165) is 47.1 Å². The molecular formula is C29H27ClN4O. The molecule has 4 aromatic rings. The van der Waals surface area contributed by atoms with Gasteiger partial charge in [-0.3, -0.25) is 19.6 Å². The van der Waals surface area contributed by atoms with Crippen LogP contribution in [0.4, 0.5) is 5.69 Å². The first-order valence-electron chi connectivity index (χ1n) is 12.1. The topological polar surface area (TPSA) is 41.4 Å². The van der Waals surface area contributed by atoms with Gasteiger partial charge in [0.25, 0.3) is 5.91 Å². The molecule has 0 radical (unpaired) electrons. The summed E-state index contributed by atoms with van der Waals surface area (Å²) in [5.41, 5.74) is 5.91. The zero-order valence-corrected chi connectivity index (χ0v) is 20.4. The largest absolute Gasteiger partial charge is 0.350 e. The second-order valence-electron chi connectivity index (χ2n) is 9.42. The molecule has 0 N–H and O–H groups in total. The lowest BCUT2D eigenvalue weighted by Gasteiger charge is -2.38. The van der Waals surface area contributed by atoms with Crippen LogP contribution in [-0.2, 0) is 11.8 Å². The molecule has 2 aliphatic heterocycles. The maximum Gasteiger partial charge on any atom is 0.260 e. The number of halogens is 1. The summed E-state index contributed by atoms with van der Waals surface area (Å²) in [7, 11) is 2.04. The van der Waals surface area contributed by atoms with Gasteiger partial charge in [0, 0.05) is 70.9 Å². The van der Waals surface area contributed by atoms with Gasteiger partial charge in [-0.25, -0.2) is 0 Å². The Bertz CT molecular complexity index is 1440. The summed E-state index contributed by atoms with van der Waals surface area (Å²) in [5.74, 6) is 0.0192. The van der Waals surface area contributed by atoms with Gasteiger partial charge in [0.05, 0.1) is 12.4 Å². The van der Waals surface area contributed by atoms with Gasteiger partial charge in [0.15, 0.2) is 0 Å². The molecule has 1 saturated heterocycles. The summed E-state index contributed by atoms with van der Waals surface area (Å²) in [6, 6.07) is 18.4. The van der Waals surface area contributed by atoms with Crippen molar-refractivity contribution in [2.45, 2.75) is 25.3 Å². The monoisotopic (exact) mass is 482 g/mol. The first-order valence-corrected chi connectivity index (χ1v) is 12.5. The average molecular weight is 483 g/mol. The lowest BCUT2D eigenvalue weighted by molar-refractivity contribution is -0.113. The number of para-hydroxylation sites is 1. The third kappa shape index (κ3) is 3.95. The second kappa shape index (κ2) is 8.99. The summed E-state index contributed by atoms with van der Waals surface area (Å²) in [6.07, 6.45) is 11.3. The van der Waals surface area contributed by atoms with Crippen LogP contribution in [-0.4, -0.2) is 33.6 Å². The second-order valence-corrected chi connectivity index (χ2v) is 9.85. The first kappa shape index (κ1) is 22.1. The molecule has 0 aliphatic carbocycles. The molecule has 6 heteroatoms. The molecule has 1 atom stereocenters. The highest BCUT2D eigenvalue weighted by Gasteiger charge is 2.36. The van der Waals surface area contributed by atoms with Gasteiger partial charge in [0.2, 0.25) is 0 Å². The Balaban J connectivity index is 1.39. The fourth-order valence-corrected chi connectivity index (χ4v) is 5.71. The average Bonchev–Trinajstić information content (AvgIpc) is 3.34. The minimum atomic E-state index is 0.0192. The van der Waals surface area contributed by atoms with Gasteiger partial charge >= 0.3 is 0 Å². The number of amides is 1. The Morgan fingerprint density at radius 3 is 2.86 bits per heavy atom. The van der Waals surface area contributed by atoms with E-state index in [4.69, 9.17) is 11.6 Å². The molecule has 1 unspecified atom stereocenters. The van der Waals surface area contributed by atoms with E-state index in [-0.39, 0.29) is 11.9 Å². The predicted octanol–water partition coefficient (Wildman–Crippen LogP) is 6.30. The number of pyridine rings is 1. The Kier molecular flexibility index (Phi) is 5.67. The lowest BCUT2D eigenvalue weighted by atomic mass is 9.97. The molecule has 6 rings (SSSR count). The van der Waals surface area contributed by atoms with E-state index in [9.17, 15) is 4.79 Å². The number of anilines is 1. The molecule has 1 fully saturated rings. The van der Waals surface area contributed by atoms with Crippen molar-refractivity contribution >= 4 is 45.7 Å². The first-order chi connectivity index (χ1) is 17.1. The molecule has 0 bridgehead atoms. The van der Waals surface area contributed by atoms with Crippen LogP contribution in [0.25, 0.3) is 22.6 Å². The maximum atomic E-state index is 13.9. The number of rotatable bonds is 4. The van der Waals surface area contributed by atoms with Crippen LogP contribution in [0.2, 0.25) is 5.02 Å². The van der Waals surface area contributed by atoms with Gasteiger partial charge in [-0.15, -0.1) is 0 Å². The van der Waals surface area contributed by atoms with E-state index in [1.54, 1.807) is 0 Å². The summed E-state index contributed by atoms with van der Waals surface area (Å²) >= 11 is 6.41. The third-order valence-corrected chi connectivity index (χ3v) is 7.48. The van der Waals surface area contributed by atoms with Crippen LogP contribution < -0.4 is 4.90 Å². The van der Waals surface area contributed by atoms with Crippen LogP contribution in [0.3, 0.4) is 0 Å². The Morgan fingerprint density at radius 1 is 1.11 bits per heavy atom. The number of benzene rings is 2. The maximum absolute atomic E-state index is 13.9. The summed E-state index contributed by atoms with van der Waals surface area (Å²) in [5, 5.41) is 1.77. The zero-order valence-electron chi connectivity index (χ0n) is 19.7. The van der Waals surface area contributed by atoms with Crippen molar-refractivity contribution in [3.05, 3.63) is 94.9 Å². The third-order valence-electron chi connectivity index (χ3n) is 7.25. The van der Waals surface area contributed by atoms with Crippen molar-refractivity contribution < 1.29 is 4.79 Å². The molecule has 2 aromatic heterocycles. The lowest BCUT2D eigenvalue weighted by Crippen LogP contribution is -2.43. The fourth-order valence-electron chi connectivity index (χ4n) is 5.54. The van der Waals surface area contributed by atoms with Crippen LogP contribution in [0.5, 0.6) is 0 Å². The number of hydrogen-bond acceptors (Lipinski definition) is 3. The number of fused-ring (bicyclic) bond motifs is 2. The SMILES string of the molecule is Cn1cc(C=C2C(=O)N(CN3CCCCC3c3cccnc3)c3cc(Cl)ccc32)c2ccccc21. The van der Waals surface area contributed by atoms with E-state index in [2.05, 4.69) is 38.8 Å². The number of carbonyl (C=O) groups excluding carboxylic acids is 1. The molecule has 35 heavy (non-hydrogen) atoms. The van der Waals surface area contributed by atoms with Gasteiger partial charge in [0.1, 0.15) is 0 Å². The van der Waals surface area contributed by atoms with E-state index in [0.29, 0.717) is 17.3 Å². The van der Waals surface area contributed by atoms with Gasteiger partial charge in [-0.05, 0) is 48.7 Å². The number of carbonyl (C=O) groups is 1. The number of aromatic nitrogens is 2. The zero-order chi connectivity index (χ0) is 23.9. The quantitative estimate of drug-likeness (QED) is 0.320. The standard InChI is InChI=1S/C29H27ClN4O/c1-32-18-21(23-8-2-3-10-27(23)32)15-25-24-12-11-22(30)16-28(24)34(29(25)35)19-33-14-5-4-9-26(33)20-7-6-13-31-17-20/h2-3,6-8,10-13,15-18,26H,4-5,9,14,19H2,1H3. The van der Waals surface area contributed by atoms with Gasteiger partial charge < -0.3 is 4.57 Å². The van der Waals surface area contributed by atoms with E-state index in [1.807, 2.05) is 66.8 Å². The molecule has 5 nitrogen and oxygen atoms in total. The van der Waals surface area contributed by atoms with E-state index >= 15 is 0 Å². The molecule has 0 spiro atoms. The Morgan fingerprint density at radius 2 is 2.00 bits per heavy atom. The van der Waals surface area contributed by atoms with Crippen molar-refractivity contribution in [1.82, 2.24) is 14.5 Å². The molecule has 2 aromatic carbocycles. The highest BCUT2D eigenvalue weighted by Crippen LogP contribution is 2.41. The highest BCUT2D eigenvalue weighted by molar-refractivity contribution is 6.37. The summed E-state index contributed by atoms with van der Waals surface area (Å²) in [4.78, 5) is 22.5. The van der Waals surface area contributed by atoms with Crippen molar-refractivity contribution in [1.29, 1.82) is 0 Å². The predicted molar refractivity (Wildman–Crippen MR) is 142 cm³/mol. The summed E-state index contributed by atoms with van der Waals surface area (Å²) in [6.45, 7) is 1.47. The molecule has 176 valence electrons. The van der Waals surface area contributed by atoms with Crippen molar-refractivity contribution in [3.63, 3.8) is 0 Å².